The van der Waals surface area contributed by atoms with Crippen LogP contribution in [0.3, 0.4) is 0 Å². The quantitative estimate of drug-likeness (QED) is 0.0997. The average Bonchev–Trinajstić information content (AvgIpc) is 3.44. The number of imidazole rings is 1. The van der Waals surface area contributed by atoms with Crippen LogP contribution in [0.4, 0.5) is 4.79 Å². The number of amides is 3. The molecule has 2 aromatic heterocycles. The van der Waals surface area contributed by atoms with Crippen molar-refractivity contribution in [1.29, 1.82) is 0 Å². The van der Waals surface area contributed by atoms with Crippen LogP contribution >= 0.6 is 0 Å². The lowest BCUT2D eigenvalue weighted by atomic mass is 10.1. The third-order valence-electron chi connectivity index (χ3n) is 9.17. The second kappa shape index (κ2) is 20.7. The van der Waals surface area contributed by atoms with Gasteiger partial charge in [-0.3, -0.25) is 19.0 Å². The monoisotopic (exact) mass is 765 g/mol. The third kappa shape index (κ3) is 13.4. The van der Waals surface area contributed by atoms with Crippen molar-refractivity contribution in [3.05, 3.63) is 58.8 Å². The smallest absolute Gasteiger partial charge is 0.408 e. The second-order valence-corrected chi connectivity index (χ2v) is 15.6. The predicted molar refractivity (Wildman–Crippen MR) is 214 cm³/mol. The van der Waals surface area contributed by atoms with E-state index in [-0.39, 0.29) is 36.1 Å². The molecule has 3 atom stereocenters. The van der Waals surface area contributed by atoms with Crippen LogP contribution in [0, 0.1) is 11.8 Å². The first-order valence-corrected chi connectivity index (χ1v) is 19.7. The Hall–Kier alpha value is -4.88. The van der Waals surface area contributed by atoms with Gasteiger partial charge in [-0.05, 0) is 104 Å². The van der Waals surface area contributed by atoms with Gasteiger partial charge in [0.25, 0.3) is 0 Å². The van der Waals surface area contributed by atoms with Crippen LogP contribution in [-0.2, 0) is 23.9 Å². The highest BCUT2D eigenvalue weighted by molar-refractivity contribution is 5.89. The van der Waals surface area contributed by atoms with Crippen molar-refractivity contribution in [1.82, 2.24) is 29.5 Å². The number of alkyl carbamates (subject to hydrolysis) is 1. The normalized spacial score (nSPS) is 17.8. The number of primary amides is 1. The number of hydrogen-bond acceptors (Lipinski definition) is 8. The van der Waals surface area contributed by atoms with Crippen molar-refractivity contribution >= 4 is 34.9 Å². The molecule has 1 saturated carbocycles. The molecule has 14 nitrogen and oxygen atoms in total. The number of aromatic amines is 1. The number of H-pyrrole nitrogens is 1. The van der Waals surface area contributed by atoms with E-state index in [1.54, 1.807) is 25.3 Å². The topological polar surface area (TPSA) is 184 Å². The molecule has 55 heavy (non-hydrogen) atoms. The molecule has 3 amide bonds. The number of nitrogens with zero attached hydrogens (tertiary/aromatic N) is 4. The van der Waals surface area contributed by atoms with E-state index in [1.165, 1.54) is 24.2 Å². The molecule has 0 spiro atoms. The Balaban J connectivity index is 0.000000225. The number of allylic oxidation sites excluding steroid dienone is 2. The van der Waals surface area contributed by atoms with E-state index in [0.717, 1.165) is 41.7 Å². The largest absolute Gasteiger partial charge is 0.466 e. The number of hydrogen-bond donors (Lipinski definition) is 3. The molecule has 1 aliphatic carbocycles. The van der Waals surface area contributed by atoms with Crippen LogP contribution in [0.5, 0.6) is 0 Å². The molecule has 1 saturated heterocycles. The van der Waals surface area contributed by atoms with Gasteiger partial charge in [0.1, 0.15) is 18.2 Å². The summed E-state index contributed by atoms with van der Waals surface area (Å²) in [6.45, 7) is 18.3. The molecule has 5 rings (SSSR count). The highest BCUT2D eigenvalue weighted by atomic mass is 16.6. The summed E-state index contributed by atoms with van der Waals surface area (Å²) in [6.07, 6.45) is 13.0. The number of unbranched alkanes of at least 4 members (excludes halogenated alkanes) is 3. The van der Waals surface area contributed by atoms with Gasteiger partial charge >= 0.3 is 17.8 Å². The number of carbonyl (C=O) groups is 4. The van der Waals surface area contributed by atoms with Crippen molar-refractivity contribution in [2.75, 3.05) is 19.7 Å². The summed E-state index contributed by atoms with van der Waals surface area (Å²) >= 11 is 0. The Morgan fingerprint density at radius 3 is 2.42 bits per heavy atom. The van der Waals surface area contributed by atoms with Crippen LogP contribution in [0.25, 0.3) is 16.7 Å². The molecular formula is C41H63N7O7. The summed E-state index contributed by atoms with van der Waals surface area (Å²) in [6, 6.07) is 7.46. The molecule has 0 bridgehead atoms. The molecule has 1 aliphatic heterocycles. The highest BCUT2D eigenvalue weighted by Gasteiger charge is 2.42. The number of aromatic nitrogens is 4. The minimum Gasteiger partial charge on any atom is -0.466 e. The van der Waals surface area contributed by atoms with Gasteiger partial charge in [0.05, 0.1) is 34.9 Å². The number of rotatable bonds is 13. The first kappa shape index (κ1) is 44.5. The summed E-state index contributed by atoms with van der Waals surface area (Å²) in [5.74, 6) is 0.152. The molecule has 3 aromatic rings. The Kier molecular flexibility index (Phi) is 16.8. The number of para-hydroxylation sites is 1. The summed E-state index contributed by atoms with van der Waals surface area (Å²) in [5.41, 5.74) is 8.20. The molecule has 3 unspecified atom stereocenters. The van der Waals surface area contributed by atoms with Crippen LogP contribution in [-0.4, -0.2) is 79.4 Å². The maximum atomic E-state index is 12.2. The minimum absolute atomic E-state index is 0.0132. The fraction of sp³-hybridized carbons (Fsp3) is 0.610. The Morgan fingerprint density at radius 1 is 1.09 bits per heavy atom. The Morgan fingerprint density at radius 2 is 1.82 bits per heavy atom. The SMILES string of the molecule is CC(C)(C)OC(=O)NCC(=O)N1CCCC1C(N)=O.CC(C)c1ccn(-c2cccc3c2[nH]c(=O)n3C(C)C)n1.CCCCC/C=C\C1CC1C(=O)OCC. The molecule has 3 heterocycles. The first-order valence-electron chi connectivity index (χ1n) is 19.7. The van der Waals surface area contributed by atoms with Crippen molar-refractivity contribution in [2.45, 2.75) is 131 Å². The molecule has 2 fully saturated rings. The zero-order valence-electron chi connectivity index (χ0n) is 34.2. The number of esters is 1. The number of nitrogens with one attached hydrogen (secondary N) is 2. The predicted octanol–water partition coefficient (Wildman–Crippen LogP) is 6.53. The van der Waals surface area contributed by atoms with E-state index in [9.17, 15) is 24.0 Å². The van der Waals surface area contributed by atoms with Gasteiger partial charge in [0.15, 0.2) is 0 Å². The van der Waals surface area contributed by atoms with Crippen LogP contribution in [0.1, 0.15) is 125 Å². The zero-order valence-corrected chi connectivity index (χ0v) is 34.2. The first-order chi connectivity index (χ1) is 26.0. The maximum absolute atomic E-state index is 12.2. The minimum atomic E-state index is -0.657. The molecule has 14 heteroatoms. The van der Waals surface area contributed by atoms with E-state index in [4.69, 9.17) is 15.2 Å². The van der Waals surface area contributed by atoms with Gasteiger partial charge in [-0.2, -0.15) is 5.10 Å². The molecule has 0 radical (unpaired) electrons. The molecule has 2 aliphatic rings. The molecule has 4 N–H and O–H groups in total. The summed E-state index contributed by atoms with van der Waals surface area (Å²) in [5, 5.41) is 6.97. The lowest BCUT2D eigenvalue weighted by Crippen LogP contribution is -2.48. The van der Waals surface area contributed by atoms with Crippen molar-refractivity contribution in [3.8, 4) is 5.69 Å². The fourth-order valence-electron chi connectivity index (χ4n) is 6.27. The Bertz CT molecular complexity index is 1810. The van der Waals surface area contributed by atoms with E-state index in [0.29, 0.717) is 31.4 Å². The van der Waals surface area contributed by atoms with E-state index in [1.807, 2.05) is 55.9 Å². The number of nitrogens with two attached hydrogens (primary N) is 1. The maximum Gasteiger partial charge on any atom is 0.408 e. The van der Waals surface area contributed by atoms with Gasteiger partial charge in [-0.15, -0.1) is 0 Å². The average molecular weight is 766 g/mol. The lowest BCUT2D eigenvalue weighted by molar-refractivity contribution is -0.144. The fourth-order valence-corrected chi connectivity index (χ4v) is 6.27. The van der Waals surface area contributed by atoms with Crippen LogP contribution in [0.2, 0.25) is 0 Å². The lowest BCUT2D eigenvalue weighted by Gasteiger charge is -2.23. The number of ether oxygens (including phenoxy) is 2. The van der Waals surface area contributed by atoms with Crippen LogP contribution in [0.15, 0.2) is 47.4 Å². The van der Waals surface area contributed by atoms with E-state index in [2.05, 4.69) is 48.3 Å². The number of fused-ring (bicyclic) bond motifs is 1. The summed E-state index contributed by atoms with van der Waals surface area (Å²) in [7, 11) is 0. The summed E-state index contributed by atoms with van der Waals surface area (Å²) < 4.78 is 13.6. The van der Waals surface area contributed by atoms with Gasteiger partial charge < -0.3 is 30.4 Å². The van der Waals surface area contributed by atoms with E-state index >= 15 is 0 Å². The third-order valence-corrected chi connectivity index (χ3v) is 9.17. The standard InChI is InChI=1S/C16H20N4O.C13H22O2.C12H21N3O4/c1-10(2)12-8-9-19(18-12)13-6-5-7-14-15(13)17-16(21)20(14)11(3)4;1-3-5-6-7-8-9-11-10-12(11)13(14)15-4-2;1-12(2,3)19-11(18)14-7-9(16)15-6-4-5-8(15)10(13)17/h5-11H,1-4H3,(H,17,21);8-9,11-12H,3-7,10H2,1-2H3;8H,4-7H2,1-3H3,(H2,13,17)(H,14,18)/b;9-8-;. The molecular weight excluding hydrogens is 702 g/mol. The molecule has 1 aromatic carbocycles. The van der Waals surface area contributed by atoms with Crippen LogP contribution < -0.4 is 16.7 Å². The van der Waals surface area contributed by atoms with Gasteiger partial charge in [0, 0.05) is 18.8 Å². The van der Waals surface area contributed by atoms with Gasteiger partial charge in [0.2, 0.25) is 11.8 Å². The highest BCUT2D eigenvalue weighted by Crippen LogP contribution is 2.40. The second-order valence-electron chi connectivity index (χ2n) is 15.6. The van der Waals surface area contributed by atoms with Crippen molar-refractivity contribution in [2.24, 2.45) is 17.6 Å². The summed E-state index contributed by atoms with van der Waals surface area (Å²) in [4.78, 5) is 62.2. The Labute approximate surface area is 325 Å². The van der Waals surface area contributed by atoms with Gasteiger partial charge in [-0.25, -0.2) is 14.3 Å². The van der Waals surface area contributed by atoms with Gasteiger partial charge in [-0.1, -0.05) is 51.8 Å². The number of benzene rings is 1. The van der Waals surface area contributed by atoms with Crippen molar-refractivity contribution < 1.29 is 28.7 Å². The van der Waals surface area contributed by atoms with E-state index < -0.39 is 23.6 Å². The van der Waals surface area contributed by atoms with Crippen molar-refractivity contribution in [3.63, 3.8) is 0 Å². The number of carbonyl (C=O) groups excluding carboxylic acids is 4. The zero-order chi connectivity index (χ0) is 40.9. The number of likely N-dealkylation sites (tertiary alicyclic amines) is 1. The molecule has 304 valence electrons.